The van der Waals surface area contributed by atoms with Crippen molar-refractivity contribution in [2.45, 2.75) is 6.92 Å². The van der Waals surface area contributed by atoms with Crippen LogP contribution in [0.1, 0.15) is 15.4 Å². The average molecular weight is 441 g/mol. The zero-order valence-electron chi connectivity index (χ0n) is 14.1. The summed E-state index contributed by atoms with van der Waals surface area (Å²) in [5.41, 5.74) is 2.73. The molecule has 0 aliphatic carbocycles. The van der Waals surface area contributed by atoms with Crippen LogP contribution in [0.15, 0.2) is 59.3 Å². The van der Waals surface area contributed by atoms with Gasteiger partial charge in [0.25, 0.3) is 0 Å². The Balaban J connectivity index is 1.51. The van der Waals surface area contributed by atoms with Gasteiger partial charge in [-0.3, -0.25) is 5.10 Å². The quantitative estimate of drug-likeness (QED) is 0.361. The summed E-state index contributed by atoms with van der Waals surface area (Å²) >= 11 is 4.65. The van der Waals surface area contributed by atoms with Crippen molar-refractivity contribution in [1.29, 1.82) is 0 Å². The van der Waals surface area contributed by atoms with Gasteiger partial charge in [-0.25, -0.2) is 14.8 Å². The standard InChI is InChI=1S/C19H13BrN4O2S/c1-11-16(27-18(23-11)17-21-10-22-24-17)19(25)26-15-8-4-13(5-9-15)12-2-6-14(20)7-3-12/h2-10H,1H3,(H,21,22,24). The first kappa shape index (κ1) is 17.6. The Labute approximate surface area is 167 Å². The van der Waals surface area contributed by atoms with Crippen LogP contribution in [-0.4, -0.2) is 26.1 Å². The van der Waals surface area contributed by atoms with Crippen molar-refractivity contribution in [3.05, 3.63) is 69.9 Å². The first-order valence-corrected chi connectivity index (χ1v) is 9.62. The summed E-state index contributed by atoms with van der Waals surface area (Å²) in [6.07, 6.45) is 1.40. The summed E-state index contributed by atoms with van der Waals surface area (Å²) in [6, 6.07) is 15.4. The molecule has 4 rings (SSSR count). The monoisotopic (exact) mass is 440 g/mol. The van der Waals surface area contributed by atoms with Crippen molar-refractivity contribution >= 4 is 33.2 Å². The van der Waals surface area contributed by atoms with Crippen molar-refractivity contribution in [2.75, 3.05) is 0 Å². The predicted molar refractivity (Wildman–Crippen MR) is 107 cm³/mol. The van der Waals surface area contributed by atoms with E-state index >= 15 is 0 Å². The number of aryl methyl sites for hydroxylation is 1. The molecule has 0 saturated heterocycles. The topological polar surface area (TPSA) is 80.8 Å². The zero-order chi connectivity index (χ0) is 18.8. The van der Waals surface area contributed by atoms with Gasteiger partial charge in [0.1, 0.15) is 17.0 Å². The van der Waals surface area contributed by atoms with Crippen molar-refractivity contribution in [2.24, 2.45) is 0 Å². The molecule has 0 amide bonds. The summed E-state index contributed by atoms with van der Waals surface area (Å²) in [6.45, 7) is 1.77. The van der Waals surface area contributed by atoms with Gasteiger partial charge in [-0.15, -0.1) is 11.3 Å². The number of esters is 1. The molecule has 8 heteroatoms. The second-order valence-corrected chi connectivity index (χ2v) is 7.60. The van der Waals surface area contributed by atoms with Gasteiger partial charge in [-0.1, -0.05) is 40.2 Å². The minimum Gasteiger partial charge on any atom is -0.422 e. The minimum absolute atomic E-state index is 0.438. The molecule has 2 aromatic heterocycles. The molecular weight excluding hydrogens is 428 g/mol. The molecule has 6 nitrogen and oxygen atoms in total. The fourth-order valence-electron chi connectivity index (χ4n) is 2.51. The number of aromatic nitrogens is 4. The van der Waals surface area contributed by atoms with Gasteiger partial charge < -0.3 is 4.74 Å². The summed E-state index contributed by atoms with van der Waals surface area (Å²) in [7, 11) is 0. The van der Waals surface area contributed by atoms with Crippen LogP contribution in [0, 0.1) is 6.92 Å². The lowest BCUT2D eigenvalue weighted by Gasteiger charge is -2.05. The number of nitrogens with zero attached hydrogens (tertiary/aromatic N) is 3. The van der Waals surface area contributed by atoms with E-state index in [4.69, 9.17) is 4.74 Å². The van der Waals surface area contributed by atoms with E-state index in [0.717, 1.165) is 15.6 Å². The smallest absolute Gasteiger partial charge is 0.355 e. The molecular formula is C19H13BrN4O2S. The summed E-state index contributed by atoms with van der Waals surface area (Å²) in [5.74, 6) is 0.572. The van der Waals surface area contributed by atoms with E-state index in [1.165, 1.54) is 17.7 Å². The lowest BCUT2D eigenvalue weighted by atomic mass is 10.1. The SMILES string of the molecule is Cc1nc(-c2ncn[nH]2)sc1C(=O)Oc1ccc(-c2ccc(Br)cc2)cc1. The number of rotatable bonds is 4. The number of ether oxygens (including phenoxy) is 1. The van der Waals surface area contributed by atoms with E-state index in [9.17, 15) is 4.79 Å². The molecule has 0 unspecified atom stereocenters. The molecule has 2 aromatic carbocycles. The highest BCUT2D eigenvalue weighted by Crippen LogP contribution is 2.28. The molecule has 134 valence electrons. The molecule has 0 bridgehead atoms. The maximum Gasteiger partial charge on any atom is 0.355 e. The van der Waals surface area contributed by atoms with Crippen molar-refractivity contribution in [3.63, 3.8) is 0 Å². The normalized spacial score (nSPS) is 10.7. The Morgan fingerprint density at radius 1 is 1.07 bits per heavy atom. The minimum atomic E-state index is -0.438. The van der Waals surface area contributed by atoms with Gasteiger partial charge in [-0.05, 0) is 42.3 Å². The van der Waals surface area contributed by atoms with Gasteiger partial charge in [0.05, 0.1) is 5.69 Å². The van der Waals surface area contributed by atoms with Crippen molar-refractivity contribution in [1.82, 2.24) is 20.2 Å². The highest BCUT2D eigenvalue weighted by Gasteiger charge is 2.19. The molecule has 0 aliphatic rings. The molecule has 0 saturated carbocycles. The molecule has 0 radical (unpaired) electrons. The molecule has 27 heavy (non-hydrogen) atoms. The summed E-state index contributed by atoms with van der Waals surface area (Å²) < 4.78 is 6.53. The maximum absolute atomic E-state index is 12.5. The van der Waals surface area contributed by atoms with E-state index in [2.05, 4.69) is 36.1 Å². The first-order chi connectivity index (χ1) is 13.1. The molecule has 2 heterocycles. The van der Waals surface area contributed by atoms with Crippen LogP contribution < -0.4 is 4.74 Å². The highest BCUT2D eigenvalue weighted by molar-refractivity contribution is 9.10. The van der Waals surface area contributed by atoms with E-state index in [0.29, 0.717) is 27.2 Å². The number of hydrogen-bond donors (Lipinski definition) is 1. The molecule has 0 spiro atoms. The number of carbonyl (C=O) groups excluding carboxylic acids is 1. The molecule has 0 fully saturated rings. The number of H-pyrrole nitrogens is 1. The Hall–Kier alpha value is -2.84. The number of thiazole rings is 1. The molecule has 0 aliphatic heterocycles. The highest BCUT2D eigenvalue weighted by atomic mass is 79.9. The largest absolute Gasteiger partial charge is 0.422 e. The maximum atomic E-state index is 12.5. The van der Waals surface area contributed by atoms with Crippen LogP contribution in [0.2, 0.25) is 0 Å². The lowest BCUT2D eigenvalue weighted by molar-refractivity contribution is 0.0739. The van der Waals surface area contributed by atoms with Crippen molar-refractivity contribution < 1.29 is 9.53 Å². The zero-order valence-corrected chi connectivity index (χ0v) is 16.5. The fourth-order valence-corrected chi connectivity index (χ4v) is 3.66. The second kappa shape index (κ2) is 7.42. The number of benzene rings is 2. The van der Waals surface area contributed by atoms with Crippen LogP contribution in [0.3, 0.4) is 0 Å². The first-order valence-electron chi connectivity index (χ1n) is 8.01. The number of nitrogens with one attached hydrogen (secondary N) is 1. The van der Waals surface area contributed by atoms with E-state index in [-0.39, 0.29) is 0 Å². The predicted octanol–water partition coefficient (Wildman–Crippen LogP) is 4.89. The van der Waals surface area contributed by atoms with Gasteiger partial charge >= 0.3 is 5.97 Å². The third-order valence-electron chi connectivity index (χ3n) is 3.84. The molecule has 1 N–H and O–H groups in total. The summed E-state index contributed by atoms with van der Waals surface area (Å²) in [5, 5.41) is 7.14. The van der Waals surface area contributed by atoms with Crippen molar-refractivity contribution in [3.8, 4) is 27.7 Å². The van der Waals surface area contributed by atoms with Crippen LogP contribution in [0.4, 0.5) is 0 Å². The van der Waals surface area contributed by atoms with Crippen LogP contribution in [0.25, 0.3) is 22.0 Å². The molecule has 0 atom stereocenters. The van der Waals surface area contributed by atoms with Crippen LogP contribution in [0.5, 0.6) is 5.75 Å². The number of hydrogen-bond acceptors (Lipinski definition) is 6. The van der Waals surface area contributed by atoms with Gasteiger partial charge in [0.15, 0.2) is 10.8 Å². The number of aromatic amines is 1. The Morgan fingerprint density at radius 2 is 1.74 bits per heavy atom. The Bertz CT molecular complexity index is 1070. The number of halogens is 1. The Morgan fingerprint density at radius 3 is 2.37 bits per heavy atom. The lowest BCUT2D eigenvalue weighted by Crippen LogP contribution is -2.07. The summed E-state index contributed by atoms with van der Waals surface area (Å²) in [4.78, 5) is 21.4. The van der Waals surface area contributed by atoms with Crippen LogP contribution in [-0.2, 0) is 0 Å². The third kappa shape index (κ3) is 3.81. The second-order valence-electron chi connectivity index (χ2n) is 5.69. The van der Waals surface area contributed by atoms with E-state index in [1.807, 2.05) is 36.4 Å². The van der Waals surface area contributed by atoms with Crippen LogP contribution >= 0.6 is 27.3 Å². The van der Waals surface area contributed by atoms with E-state index < -0.39 is 5.97 Å². The van der Waals surface area contributed by atoms with Gasteiger partial charge in [0.2, 0.25) is 0 Å². The molecule has 4 aromatic rings. The average Bonchev–Trinajstić information content (AvgIpc) is 3.33. The van der Waals surface area contributed by atoms with E-state index in [1.54, 1.807) is 19.1 Å². The van der Waals surface area contributed by atoms with Gasteiger partial charge in [-0.2, -0.15) is 5.10 Å². The van der Waals surface area contributed by atoms with Gasteiger partial charge in [0, 0.05) is 4.47 Å². The number of carbonyl (C=O) groups is 1. The Kier molecular flexibility index (Phi) is 4.83. The third-order valence-corrected chi connectivity index (χ3v) is 5.51. The fraction of sp³-hybridized carbons (Fsp3) is 0.0526.